The van der Waals surface area contributed by atoms with Crippen LogP contribution in [0.25, 0.3) is 0 Å². The van der Waals surface area contributed by atoms with E-state index in [4.69, 9.17) is 9.31 Å². The maximum atomic E-state index is 12.2. The topological polar surface area (TPSA) is 35.5 Å². The third-order valence-corrected chi connectivity index (χ3v) is 4.22. The molecule has 1 aliphatic carbocycles. The summed E-state index contributed by atoms with van der Waals surface area (Å²) >= 11 is 0. The van der Waals surface area contributed by atoms with Crippen molar-refractivity contribution in [3.63, 3.8) is 0 Å². The summed E-state index contributed by atoms with van der Waals surface area (Å²) in [6.45, 7) is 11.9. The summed E-state index contributed by atoms with van der Waals surface area (Å²) in [5.74, 6) is 0.149. The van der Waals surface area contributed by atoms with Gasteiger partial charge in [0.1, 0.15) is 0 Å². The highest BCUT2D eigenvalue weighted by Gasteiger charge is 2.55. The van der Waals surface area contributed by atoms with Crippen molar-refractivity contribution >= 4 is 12.9 Å². The van der Waals surface area contributed by atoms with E-state index in [0.29, 0.717) is 5.47 Å². The Kier molecular flexibility index (Phi) is 2.61. The molecule has 3 nitrogen and oxygen atoms in total. The first-order valence-electron chi connectivity index (χ1n) is 6.17. The fourth-order valence-electron chi connectivity index (χ4n) is 2.11. The fraction of sp³-hybridized carbons (Fsp3) is 0.769. The number of carbonyl (C=O) groups is 1. The fourth-order valence-corrected chi connectivity index (χ4v) is 2.11. The molecular formula is C13H21BO3. The van der Waals surface area contributed by atoms with Crippen LogP contribution in [0.5, 0.6) is 0 Å². The lowest BCUT2D eigenvalue weighted by atomic mass is 9.73. The molecule has 1 saturated heterocycles. The van der Waals surface area contributed by atoms with Gasteiger partial charge in [-0.1, -0.05) is 19.9 Å². The zero-order valence-corrected chi connectivity index (χ0v) is 11.6. The Bertz CT molecular complexity index is 377. The smallest absolute Gasteiger partial charge is 0.399 e. The molecule has 2 aliphatic rings. The molecule has 0 atom stereocenters. The Morgan fingerprint density at radius 1 is 1.06 bits per heavy atom. The molecule has 0 saturated carbocycles. The minimum Gasteiger partial charge on any atom is -0.399 e. The van der Waals surface area contributed by atoms with E-state index in [9.17, 15) is 4.79 Å². The van der Waals surface area contributed by atoms with E-state index in [1.807, 2.05) is 47.6 Å². The molecule has 0 spiro atoms. The van der Waals surface area contributed by atoms with Gasteiger partial charge in [-0.25, -0.2) is 0 Å². The lowest BCUT2D eigenvalue weighted by Crippen LogP contribution is -2.41. The van der Waals surface area contributed by atoms with E-state index in [1.54, 1.807) is 0 Å². The molecule has 0 N–H and O–H groups in total. The molecule has 2 rings (SSSR count). The van der Waals surface area contributed by atoms with Crippen LogP contribution in [-0.2, 0) is 14.1 Å². The van der Waals surface area contributed by atoms with Crippen LogP contribution in [0.15, 0.2) is 11.5 Å². The number of ketones is 1. The van der Waals surface area contributed by atoms with Gasteiger partial charge in [-0.15, -0.1) is 0 Å². The summed E-state index contributed by atoms with van der Waals surface area (Å²) in [5, 5.41) is 0. The SMILES string of the molecule is CC1(C)CC=C(B2OC(C)(C)C(C)(C)O2)C1=O. The monoisotopic (exact) mass is 236 g/mol. The Morgan fingerprint density at radius 3 is 1.88 bits per heavy atom. The molecule has 94 valence electrons. The highest BCUT2D eigenvalue weighted by Crippen LogP contribution is 2.42. The summed E-state index contributed by atoms with van der Waals surface area (Å²) in [4.78, 5) is 12.2. The van der Waals surface area contributed by atoms with Crippen LogP contribution in [-0.4, -0.2) is 24.1 Å². The second-order valence-corrected chi connectivity index (χ2v) is 6.66. The van der Waals surface area contributed by atoms with Crippen molar-refractivity contribution in [1.82, 2.24) is 0 Å². The van der Waals surface area contributed by atoms with E-state index in [-0.39, 0.29) is 22.4 Å². The zero-order chi connectivity index (χ0) is 13.1. The number of Topliss-reactive ketones (excluding diaryl/α,β-unsaturated/α-hetero) is 1. The number of hydrogen-bond donors (Lipinski definition) is 0. The summed E-state index contributed by atoms with van der Waals surface area (Å²) < 4.78 is 11.8. The molecule has 1 fully saturated rings. The molecule has 1 aliphatic heterocycles. The normalized spacial score (nSPS) is 29.6. The van der Waals surface area contributed by atoms with Crippen LogP contribution in [0.2, 0.25) is 0 Å². The highest BCUT2D eigenvalue weighted by atomic mass is 16.7. The van der Waals surface area contributed by atoms with Crippen molar-refractivity contribution in [2.75, 3.05) is 0 Å². The molecule has 4 heteroatoms. The molecule has 0 aromatic heterocycles. The van der Waals surface area contributed by atoms with Crippen LogP contribution in [0.3, 0.4) is 0 Å². The molecule has 17 heavy (non-hydrogen) atoms. The van der Waals surface area contributed by atoms with Gasteiger partial charge in [0, 0.05) is 10.9 Å². The molecule has 1 heterocycles. The standard InChI is InChI=1S/C13H21BO3/c1-11(2)8-7-9(10(11)15)14-16-12(3,4)13(5,6)17-14/h7H,8H2,1-6H3. The number of hydrogen-bond acceptors (Lipinski definition) is 3. The maximum absolute atomic E-state index is 12.2. The average molecular weight is 236 g/mol. The quantitative estimate of drug-likeness (QED) is 0.656. The van der Waals surface area contributed by atoms with Crippen LogP contribution in [0, 0.1) is 5.41 Å². The lowest BCUT2D eigenvalue weighted by molar-refractivity contribution is -0.121. The Balaban J connectivity index is 2.21. The van der Waals surface area contributed by atoms with Crippen molar-refractivity contribution in [3.8, 4) is 0 Å². The van der Waals surface area contributed by atoms with E-state index in [2.05, 4.69) is 0 Å². The summed E-state index contributed by atoms with van der Waals surface area (Å²) in [6, 6.07) is 0. The first kappa shape index (κ1) is 12.8. The van der Waals surface area contributed by atoms with Crippen LogP contribution in [0.1, 0.15) is 48.0 Å². The van der Waals surface area contributed by atoms with Crippen molar-refractivity contribution in [2.45, 2.75) is 59.2 Å². The third kappa shape index (κ3) is 1.87. The molecule has 0 unspecified atom stereocenters. The second kappa shape index (κ2) is 3.45. The van der Waals surface area contributed by atoms with E-state index < -0.39 is 7.12 Å². The summed E-state index contributed by atoms with van der Waals surface area (Å²) in [5.41, 5.74) is -0.385. The molecule has 0 radical (unpaired) electrons. The van der Waals surface area contributed by atoms with Gasteiger partial charge in [0.05, 0.1) is 11.2 Å². The first-order valence-corrected chi connectivity index (χ1v) is 6.17. The minimum atomic E-state index is -0.505. The van der Waals surface area contributed by atoms with Gasteiger partial charge < -0.3 is 9.31 Å². The predicted molar refractivity (Wildman–Crippen MR) is 67.6 cm³/mol. The number of carbonyl (C=O) groups excluding carboxylic acids is 1. The molecule has 0 amide bonds. The lowest BCUT2D eigenvalue weighted by Gasteiger charge is -2.32. The van der Waals surface area contributed by atoms with Crippen molar-refractivity contribution in [2.24, 2.45) is 5.41 Å². The van der Waals surface area contributed by atoms with Crippen molar-refractivity contribution in [1.29, 1.82) is 0 Å². The van der Waals surface area contributed by atoms with Crippen molar-refractivity contribution < 1.29 is 14.1 Å². The first-order chi connectivity index (χ1) is 7.57. The minimum absolute atomic E-state index is 0.149. The van der Waals surface area contributed by atoms with Crippen LogP contribution >= 0.6 is 0 Å². The van der Waals surface area contributed by atoms with E-state index in [1.165, 1.54) is 0 Å². The van der Waals surface area contributed by atoms with Crippen molar-refractivity contribution in [3.05, 3.63) is 11.5 Å². The third-order valence-electron chi connectivity index (χ3n) is 4.22. The van der Waals surface area contributed by atoms with Gasteiger partial charge in [0.25, 0.3) is 0 Å². The molecule has 0 bridgehead atoms. The van der Waals surface area contributed by atoms with Gasteiger partial charge in [-0.05, 0) is 34.1 Å². The molecule has 0 aromatic carbocycles. The van der Waals surface area contributed by atoms with Gasteiger partial charge in [-0.3, -0.25) is 4.79 Å². The van der Waals surface area contributed by atoms with E-state index >= 15 is 0 Å². The Labute approximate surface area is 104 Å². The number of allylic oxidation sites excluding steroid dienone is 2. The highest BCUT2D eigenvalue weighted by molar-refractivity contribution is 6.62. The molecule has 0 aromatic rings. The van der Waals surface area contributed by atoms with E-state index in [0.717, 1.165) is 6.42 Å². The largest absolute Gasteiger partial charge is 0.498 e. The van der Waals surface area contributed by atoms with Gasteiger partial charge in [-0.2, -0.15) is 0 Å². The van der Waals surface area contributed by atoms with Gasteiger partial charge in [0.2, 0.25) is 0 Å². The second-order valence-electron chi connectivity index (χ2n) is 6.66. The summed E-state index contributed by atoms with van der Waals surface area (Å²) in [7, 11) is -0.505. The van der Waals surface area contributed by atoms with Gasteiger partial charge in [0.15, 0.2) is 5.78 Å². The number of rotatable bonds is 1. The summed E-state index contributed by atoms with van der Waals surface area (Å²) in [6.07, 6.45) is 2.73. The Morgan fingerprint density at radius 2 is 1.53 bits per heavy atom. The molecular weight excluding hydrogens is 215 g/mol. The Hall–Kier alpha value is -0.605. The van der Waals surface area contributed by atoms with Crippen LogP contribution in [0.4, 0.5) is 0 Å². The average Bonchev–Trinajstić information content (AvgIpc) is 2.50. The zero-order valence-electron chi connectivity index (χ0n) is 11.6. The van der Waals surface area contributed by atoms with Gasteiger partial charge >= 0.3 is 7.12 Å². The van der Waals surface area contributed by atoms with Crippen LogP contribution < -0.4 is 0 Å². The maximum Gasteiger partial charge on any atom is 0.498 e. The predicted octanol–water partition coefficient (Wildman–Crippen LogP) is 2.54.